The first kappa shape index (κ1) is 65.0. The number of hydrogen-bond donors (Lipinski definition) is 18. The van der Waals surface area contributed by atoms with E-state index in [9.17, 15) is 68.1 Å². The van der Waals surface area contributed by atoms with E-state index in [4.69, 9.17) is 28.7 Å². The lowest BCUT2D eigenvalue weighted by Crippen LogP contribution is -2.61. The van der Waals surface area contributed by atoms with E-state index in [0.29, 0.717) is 6.42 Å². The molecule has 9 amide bonds. The van der Waals surface area contributed by atoms with Crippen LogP contribution in [0.2, 0.25) is 0 Å². The van der Waals surface area contributed by atoms with E-state index in [-0.39, 0.29) is 68.6 Å². The molecule has 404 valence electrons. The molecule has 0 unspecified atom stereocenters. The third-order valence-corrected chi connectivity index (χ3v) is 11.0. The molecule has 0 heterocycles. The van der Waals surface area contributed by atoms with Gasteiger partial charge in [0.2, 0.25) is 53.2 Å². The highest BCUT2D eigenvalue weighted by atomic mass is 32.1. The number of carboxylic acid groups (broad SMARTS) is 2. The summed E-state index contributed by atoms with van der Waals surface area (Å²) in [5.74, 6) is -13.2. The molecule has 0 aromatic carbocycles. The molecule has 0 radical (unpaired) electrons. The molecule has 0 saturated carbocycles. The smallest absolute Gasteiger partial charge is 0.327 e. The number of hydrogen-bond acceptors (Lipinski definition) is 17. The van der Waals surface area contributed by atoms with Crippen molar-refractivity contribution in [2.75, 3.05) is 31.2 Å². The molecular weight excluding hydrogens is 977 g/mol. The van der Waals surface area contributed by atoms with E-state index in [0.717, 1.165) is 0 Å². The van der Waals surface area contributed by atoms with Gasteiger partial charge in [-0.2, -0.15) is 25.3 Å². The minimum atomic E-state index is -1.79. The molecule has 71 heavy (non-hydrogen) atoms. The van der Waals surface area contributed by atoms with Crippen molar-refractivity contribution in [3.8, 4) is 0 Å². The summed E-state index contributed by atoms with van der Waals surface area (Å²) in [6, 6.07) is -13.3. The number of nitrogens with one attached hydrogen (secondary N) is 8. The lowest BCUT2D eigenvalue weighted by Gasteiger charge is -2.29. The van der Waals surface area contributed by atoms with Gasteiger partial charge in [0.05, 0.1) is 19.1 Å². The van der Waals surface area contributed by atoms with Crippen LogP contribution in [0, 0.1) is 11.8 Å². The van der Waals surface area contributed by atoms with Gasteiger partial charge in [-0.25, -0.2) is 4.79 Å². The SMILES string of the molecule is CC(C)C[C@H](NC(=O)[C@@H](N)CS)C(=O)N[C@@H](CCC(=O)O)C(=O)N[C@H](C(=O)N[C@@H](CO)C(=O)N[C@@H](CCCN=C(N)N)C(=O)N[C@@H](CCCCN)C(=O)N[C@@H](CC(N)=O)C(=O)N[C@@H](CS)C(=O)O)C(C)C. The van der Waals surface area contributed by atoms with Crippen LogP contribution in [-0.4, -0.2) is 172 Å². The summed E-state index contributed by atoms with van der Waals surface area (Å²) in [7, 11) is 0. The number of guanidine groups is 1. The second-order valence-corrected chi connectivity index (χ2v) is 17.8. The molecule has 0 aromatic rings. The van der Waals surface area contributed by atoms with Gasteiger partial charge >= 0.3 is 11.9 Å². The number of nitrogens with two attached hydrogens (primary N) is 5. The van der Waals surface area contributed by atoms with Crippen molar-refractivity contribution < 1.29 is 68.1 Å². The van der Waals surface area contributed by atoms with Crippen LogP contribution in [0.5, 0.6) is 0 Å². The Morgan fingerprint density at radius 3 is 1.45 bits per heavy atom. The number of carbonyl (C=O) groups excluding carboxylic acids is 9. The third kappa shape index (κ3) is 26.2. The van der Waals surface area contributed by atoms with Crippen LogP contribution < -0.4 is 71.2 Å². The van der Waals surface area contributed by atoms with Crippen LogP contribution in [0.25, 0.3) is 0 Å². The highest BCUT2D eigenvalue weighted by molar-refractivity contribution is 7.80. The van der Waals surface area contributed by atoms with Crippen molar-refractivity contribution in [1.82, 2.24) is 42.5 Å². The number of carboxylic acids is 2. The van der Waals surface area contributed by atoms with Gasteiger partial charge < -0.3 is 86.5 Å². The number of unbranched alkanes of at least 4 members (excludes halogenated alkanes) is 1. The summed E-state index contributed by atoms with van der Waals surface area (Å²) >= 11 is 7.88. The summed E-state index contributed by atoms with van der Waals surface area (Å²) < 4.78 is 0. The second kappa shape index (κ2) is 34.4. The predicted molar refractivity (Wildman–Crippen MR) is 264 cm³/mol. The monoisotopic (exact) mass is 1050 g/mol. The summed E-state index contributed by atoms with van der Waals surface area (Å²) in [6.07, 6.45) is -1.37. The average molecular weight is 1050 g/mol. The molecule has 0 aliphatic carbocycles. The van der Waals surface area contributed by atoms with Crippen LogP contribution in [0.4, 0.5) is 0 Å². The number of thiol groups is 2. The van der Waals surface area contributed by atoms with Crippen LogP contribution in [0.15, 0.2) is 4.99 Å². The molecule has 0 saturated heterocycles. The van der Waals surface area contributed by atoms with Gasteiger partial charge in [-0.05, 0) is 63.3 Å². The average Bonchev–Trinajstić information content (AvgIpc) is 3.28. The molecule has 0 bridgehead atoms. The largest absolute Gasteiger partial charge is 0.481 e. The molecule has 0 fully saturated rings. The van der Waals surface area contributed by atoms with E-state index in [2.05, 4.69) is 72.8 Å². The fourth-order valence-corrected chi connectivity index (χ4v) is 6.75. The third-order valence-electron chi connectivity index (χ3n) is 10.2. The number of aliphatic hydroxyl groups excluding tert-OH is 1. The quantitative estimate of drug-likeness (QED) is 0.0120. The zero-order valence-corrected chi connectivity index (χ0v) is 42.1. The van der Waals surface area contributed by atoms with Gasteiger partial charge in [0, 0.05) is 24.5 Å². The topological polar surface area (TPSA) is 487 Å². The van der Waals surface area contributed by atoms with Gasteiger partial charge in [0.1, 0.15) is 48.3 Å². The highest BCUT2D eigenvalue weighted by Crippen LogP contribution is 2.11. The molecule has 0 aliphatic rings. The lowest BCUT2D eigenvalue weighted by atomic mass is 10.00. The van der Waals surface area contributed by atoms with E-state index in [1.54, 1.807) is 13.8 Å². The zero-order chi connectivity index (χ0) is 54.5. The summed E-state index contributed by atoms with van der Waals surface area (Å²) in [6.45, 7) is 5.64. The van der Waals surface area contributed by atoms with Gasteiger partial charge in [-0.3, -0.25) is 52.9 Å². The van der Waals surface area contributed by atoms with Crippen molar-refractivity contribution in [2.45, 2.75) is 140 Å². The number of primary amides is 1. The number of aliphatic imine (C=N–C) groups is 1. The molecule has 0 aliphatic heterocycles. The van der Waals surface area contributed by atoms with Crippen LogP contribution in [-0.2, 0) is 52.7 Å². The summed E-state index contributed by atoms with van der Waals surface area (Å²) in [5, 5.41) is 48.1. The number of carbonyl (C=O) groups is 11. The minimum Gasteiger partial charge on any atom is -0.481 e. The Morgan fingerprint density at radius 1 is 0.549 bits per heavy atom. The van der Waals surface area contributed by atoms with Crippen molar-refractivity contribution >= 4 is 96.3 Å². The fourth-order valence-electron chi connectivity index (χ4n) is 6.34. The molecule has 30 heteroatoms. The Balaban J connectivity index is 6.64. The molecular formula is C41H74N14O14S2. The van der Waals surface area contributed by atoms with E-state index < -0.39 is 151 Å². The number of amides is 9. The van der Waals surface area contributed by atoms with Gasteiger partial charge in [0.25, 0.3) is 0 Å². The first-order valence-electron chi connectivity index (χ1n) is 22.7. The highest BCUT2D eigenvalue weighted by Gasteiger charge is 2.36. The maximum atomic E-state index is 14.0. The molecule has 0 spiro atoms. The van der Waals surface area contributed by atoms with Crippen molar-refractivity contribution in [1.29, 1.82) is 0 Å². The fraction of sp³-hybridized carbons (Fsp3) is 0.707. The van der Waals surface area contributed by atoms with Crippen molar-refractivity contribution in [2.24, 2.45) is 45.5 Å². The number of rotatable bonds is 36. The number of nitrogens with zero attached hydrogens (tertiary/aromatic N) is 1. The van der Waals surface area contributed by atoms with Crippen molar-refractivity contribution in [3.05, 3.63) is 0 Å². The Morgan fingerprint density at radius 2 is 1.00 bits per heavy atom. The predicted octanol–water partition coefficient (Wildman–Crippen LogP) is -6.25. The Hall–Kier alpha value is -5.98. The normalized spacial score (nSPS) is 14.9. The minimum absolute atomic E-state index is 0.0414. The van der Waals surface area contributed by atoms with E-state index >= 15 is 0 Å². The summed E-state index contributed by atoms with van der Waals surface area (Å²) in [4.78, 5) is 147. The van der Waals surface area contributed by atoms with Crippen LogP contribution in [0.3, 0.4) is 0 Å². The van der Waals surface area contributed by atoms with Gasteiger partial charge in [-0.15, -0.1) is 0 Å². The number of aliphatic hydroxyl groups is 1. The first-order chi connectivity index (χ1) is 33.2. The Kier molecular flexibility index (Phi) is 31.5. The first-order valence-corrected chi connectivity index (χ1v) is 24.0. The van der Waals surface area contributed by atoms with Gasteiger partial charge in [-0.1, -0.05) is 27.7 Å². The number of aliphatic carboxylic acids is 2. The molecule has 0 aromatic heterocycles. The van der Waals surface area contributed by atoms with E-state index in [1.807, 2.05) is 0 Å². The Labute approximate surface area is 422 Å². The second-order valence-electron chi connectivity index (χ2n) is 17.1. The maximum Gasteiger partial charge on any atom is 0.327 e. The molecule has 28 nitrogen and oxygen atoms in total. The summed E-state index contributed by atoms with van der Waals surface area (Å²) in [5.41, 5.74) is 27.5. The maximum absolute atomic E-state index is 14.0. The van der Waals surface area contributed by atoms with E-state index in [1.165, 1.54) is 13.8 Å². The van der Waals surface area contributed by atoms with Crippen molar-refractivity contribution in [3.63, 3.8) is 0 Å². The molecule has 0 rings (SSSR count). The lowest BCUT2D eigenvalue weighted by molar-refractivity contribution is -0.142. The van der Waals surface area contributed by atoms with Crippen LogP contribution in [0.1, 0.15) is 85.5 Å². The van der Waals surface area contributed by atoms with Crippen LogP contribution >= 0.6 is 25.3 Å². The molecule has 21 N–H and O–H groups in total. The van der Waals surface area contributed by atoms with Gasteiger partial charge in [0.15, 0.2) is 5.96 Å². The molecule has 9 atom stereocenters. The Bertz CT molecular complexity index is 1860. The standard InChI is InChI=1S/C41H74N14O14S2/c1-19(2)14-25(51-32(60)21(43)17-70)36(64)50-24(10-11-30(58)59)35(63)55-31(20(3)4)39(67)53-27(16-56)38(66)49-23(9-7-13-47-41(45)46)33(61)48-22(8-5-6-12-42)34(62)52-26(15-29(44)57)37(65)54-28(18-71)40(68)69/h19-28,31,56,70-71H,5-18,42-43H2,1-4H3,(H2,44,57)(H,48,61)(H,49,66)(H,50,64)(H,51,60)(H,52,62)(H,53,67)(H,54,65)(H,55,63)(H,58,59)(H,68,69)(H4,45,46,47)/t21-,22-,23-,24-,25-,26-,27-,28-,31-/m0/s1. The zero-order valence-electron chi connectivity index (χ0n) is 40.3.